The van der Waals surface area contributed by atoms with E-state index in [1.165, 1.54) is 18.9 Å². The molecule has 1 aliphatic heterocycles. The normalized spacial score (nSPS) is 18.4. The van der Waals surface area contributed by atoms with Crippen molar-refractivity contribution in [3.63, 3.8) is 0 Å². The lowest BCUT2D eigenvalue weighted by atomic mass is 10.0. The van der Waals surface area contributed by atoms with Gasteiger partial charge in [-0.1, -0.05) is 11.2 Å². The highest BCUT2D eigenvalue weighted by molar-refractivity contribution is 5.96. The summed E-state index contributed by atoms with van der Waals surface area (Å²) in [6.45, 7) is 4.63. The first-order chi connectivity index (χ1) is 16.4. The molecule has 2 aromatic heterocycles. The van der Waals surface area contributed by atoms with Crippen molar-refractivity contribution in [1.29, 1.82) is 0 Å². The predicted molar refractivity (Wildman–Crippen MR) is 123 cm³/mol. The second-order valence-electron chi connectivity index (χ2n) is 9.34. The minimum Gasteiger partial charge on any atom is -0.361 e. The number of halogens is 2. The van der Waals surface area contributed by atoms with Crippen molar-refractivity contribution < 1.29 is 18.1 Å². The Kier molecular flexibility index (Phi) is 4.79. The van der Waals surface area contributed by atoms with Crippen molar-refractivity contribution >= 4 is 22.6 Å². The van der Waals surface area contributed by atoms with E-state index in [0.717, 1.165) is 58.1 Å². The molecule has 0 radical (unpaired) electrons. The number of benzene rings is 2. The molecule has 2 aromatic carbocycles. The standard InChI is InChI=1S/C26H24F2N4O2/c1-14-25(15(2)34-30-14)17-5-8-22-21(11-17)29-26(31(22)13-16-3-4-16)23-9-10-24(33)32(23)18-6-7-19(27)20(28)12-18/h5-8,11-12,16,23H,3-4,9-10,13H2,1-2H3. The molecule has 0 spiro atoms. The highest BCUT2D eigenvalue weighted by atomic mass is 19.2. The minimum absolute atomic E-state index is 0.113. The SMILES string of the molecule is Cc1noc(C)c1-c1ccc2c(c1)nc(C1CCC(=O)N1c1ccc(F)c(F)c1)n2CC1CC1. The second-order valence-corrected chi connectivity index (χ2v) is 9.34. The Morgan fingerprint density at radius 1 is 1.06 bits per heavy atom. The third-order valence-corrected chi connectivity index (χ3v) is 6.93. The molecule has 6 rings (SSSR count). The maximum absolute atomic E-state index is 14.0. The zero-order valence-corrected chi connectivity index (χ0v) is 19.0. The lowest BCUT2D eigenvalue weighted by Gasteiger charge is -2.25. The summed E-state index contributed by atoms with van der Waals surface area (Å²) in [5, 5.41) is 4.07. The highest BCUT2D eigenvalue weighted by Gasteiger charge is 2.38. The number of nitrogens with zero attached hydrogens (tertiary/aromatic N) is 4. The number of imidazole rings is 1. The number of carbonyl (C=O) groups excluding carboxylic acids is 1. The van der Waals surface area contributed by atoms with Gasteiger partial charge in [-0.3, -0.25) is 4.79 Å². The van der Waals surface area contributed by atoms with E-state index in [1.807, 2.05) is 19.9 Å². The van der Waals surface area contributed by atoms with Crippen LogP contribution in [0.2, 0.25) is 0 Å². The highest BCUT2D eigenvalue weighted by Crippen LogP contribution is 2.41. The summed E-state index contributed by atoms with van der Waals surface area (Å²) in [6.07, 6.45) is 3.25. The summed E-state index contributed by atoms with van der Waals surface area (Å²) in [5.74, 6) is 0.116. The number of rotatable bonds is 5. The quantitative estimate of drug-likeness (QED) is 0.372. The molecule has 2 aliphatic rings. The van der Waals surface area contributed by atoms with Gasteiger partial charge in [0.15, 0.2) is 11.6 Å². The van der Waals surface area contributed by atoms with E-state index in [4.69, 9.17) is 9.51 Å². The van der Waals surface area contributed by atoms with E-state index in [2.05, 4.69) is 21.9 Å². The van der Waals surface area contributed by atoms with E-state index < -0.39 is 11.6 Å². The fourth-order valence-electron chi connectivity index (χ4n) is 5.09. The van der Waals surface area contributed by atoms with Crippen LogP contribution in [0.5, 0.6) is 0 Å². The third-order valence-electron chi connectivity index (χ3n) is 6.93. The average Bonchev–Trinajstić information content (AvgIpc) is 3.32. The number of anilines is 1. The Morgan fingerprint density at radius 3 is 2.59 bits per heavy atom. The van der Waals surface area contributed by atoms with Crippen LogP contribution < -0.4 is 4.90 Å². The molecule has 6 nitrogen and oxygen atoms in total. The summed E-state index contributed by atoms with van der Waals surface area (Å²) in [7, 11) is 0. The predicted octanol–water partition coefficient (Wildman–Crippen LogP) is 5.86. The van der Waals surface area contributed by atoms with Crippen molar-refractivity contribution in [2.45, 2.75) is 52.1 Å². The lowest BCUT2D eigenvalue weighted by molar-refractivity contribution is -0.117. The number of fused-ring (bicyclic) bond motifs is 1. The maximum Gasteiger partial charge on any atom is 0.227 e. The Balaban J connectivity index is 1.48. The topological polar surface area (TPSA) is 64.2 Å². The van der Waals surface area contributed by atoms with Gasteiger partial charge in [0.05, 0.1) is 22.8 Å². The zero-order chi connectivity index (χ0) is 23.6. The van der Waals surface area contributed by atoms with Crippen molar-refractivity contribution in [2.24, 2.45) is 5.92 Å². The summed E-state index contributed by atoms with van der Waals surface area (Å²) >= 11 is 0. The molecule has 0 bridgehead atoms. The van der Waals surface area contributed by atoms with Crippen LogP contribution >= 0.6 is 0 Å². The molecule has 4 aromatic rings. The molecule has 3 heterocycles. The largest absolute Gasteiger partial charge is 0.361 e. The Labute approximate surface area is 195 Å². The first-order valence-electron chi connectivity index (χ1n) is 11.6. The molecule has 2 fully saturated rings. The van der Waals surface area contributed by atoms with Gasteiger partial charge in [0.2, 0.25) is 5.91 Å². The molecule has 1 aliphatic carbocycles. The molecule has 1 amide bonds. The number of aromatic nitrogens is 3. The molecular formula is C26H24F2N4O2. The van der Waals surface area contributed by atoms with Gasteiger partial charge < -0.3 is 14.0 Å². The van der Waals surface area contributed by atoms with E-state index in [0.29, 0.717) is 24.4 Å². The molecule has 8 heteroatoms. The molecule has 174 valence electrons. The van der Waals surface area contributed by atoms with Crippen LogP contribution in [-0.2, 0) is 11.3 Å². The number of hydrogen-bond acceptors (Lipinski definition) is 4. The van der Waals surface area contributed by atoms with Gasteiger partial charge in [0, 0.05) is 30.3 Å². The van der Waals surface area contributed by atoms with E-state index in [1.54, 1.807) is 4.90 Å². The monoisotopic (exact) mass is 462 g/mol. The first kappa shape index (κ1) is 21.0. The summed E-state index contributed by atoms with van der Waals surface area (Å²) < 4.78 is 35.1. The second kappa shape index (κ2) is 7.75. The van der Waals surface area contributed by atoms with Crippen LogP contribution in [0.4, 0.5) is 14.5 Å². The smallest absolute Gasteiger partial charge is 0.227 e. The number of carbonyl (C=O) groups is 1. The number of aryl methyl sites for hydroxylation is 2. The Hall–Kier alpha value is -3.55. The van der Waals surface area contributed by atoms with E-state index in [-0.39, 0.29) is 11.9 Å². The van der Waals surface area contributed by atoms with Crippen LogP contribution in [-0.4, -0.2) is 20.6 Å². The van der Waals surface area contributed by atoms with Crippen molar-refractivity contribution in [3.8, 4) is 11.1 Å². The fraction of sp³-hybridized carbons (Fsp3) is 0.346. The van der Waals surface area contributed by atoms with Gasteiger partial charge >= 0.3 is 0 Å². The van der Waals surface area contributed by atoms with Crippen LogP contribution in [0.3, 0.4) is 0 Å². The van der Waals surface area contributed by atoms with E-state index in [9.17, 15) is 13.6 Å². The molecular weight excluding hydrogens is 438 g/mol. The first-order valence-corrected chi connectivity index (χ1v) is 11.6. The van der Waals surface area contributed by atoms with Gasteiger partial charge in [0.1, 0.15) is 11.6 Å². The lowest BCUT2D eigenvalue weighted by Crippen LogP contribution is -2.29. The summed E-state index contributed by atoms with van der Waals surface area (Å²) in [4.78, 5) is 19.4. The Morgan fingerprint density at radius 2 is 1.88 bits per heavy atom. The van der Waals surface area contributed by atoms with Crippen LogP contribution in [0.25, 0.3) is 22.2 Å². The molecule has 1 saturated carbocycles. The molecule has 1 atom stereocenters. The van der Waals surface area contributed by atoms with Gasteiger partial charge in [-0.2, -0.15) is 0 Å². The average molecular weight is 463 g/mol. The van der Waals surface area contributed by atoms with Crippen LogP contribution in [0.15, 0.2) is 40.9 Å². The van der Waals surface area contributed by atoms with E-state index >= 15 is 0 Å². The molecule has 1 saturated heterocycles. The summed E-state index contributed by atoms with van der Waals surface area (Å²) in [6, 6.07) is 9.42. The zero-order valence-electron chi connectivity index (χ0n) is 19.0. The molecule has 1 unspecified atom stereocenters. The molecule has 34 heavy (non-hydrogen) atoms. The fourth-order valence-corrected chi connectivity index (χ4v) is 5.09. The third kappa shape index (κ3) is 3.40. The van der Waals surface area contributed by atoms with Gasteiger partial charge in [-0.25, -0.2) is 13.8 Å². The summed E-state index contributed by atoms with van der Waals surface area (Å²) in [5.41, 5.74) is 4.94. The van der Waals surface area contributed by atoms with Gasteiger partial charge in [-0.15, -0.1) is 0 Å². The Bertz CT molecular complexity index is 1420. The number of amides is 1. The van der Waals surface area contributed by atoms with Gasteiger partial charge in [0.25, 0.3) is 0 Å². The number of hydrogen-bond donors (Lipinski definition) is 0. The van der Waals surface area contributed by atoms with Crippen LogP contribution in [0.1, 0.15) is 49.0 Å². The van der Waals surface area contributed by atoms with Crippen molar-refractivity contribution in [1.82, 2.24) is 14.7 Å². The molecule has 0 N–H and O–H groups in total. The minimum atomic E-state index is -0.966. The van der Waals surface area contributed by atoms with Gasteiger partial charge in [-0.05, 0) is 68.9 Å². The van der Waals surface area contributed by atoms with Crippen LogP contribution in [0, 0.1) is 31.4 Å². The van der Waals surface area contributed by atoms with Crippen molar-refractivity contribution in [3.05, 3.63) is 65.3 Å². The van der Waals surface area contributed by atoms with Crippen molar-refractivity contribution in [2.75, 3.05) is 4.90 Å². The maximum atomic E-state index is 14.0.